The molecular weight excluding hydrogens is 228 g/mol. The number of nitrogens with one attached hydrogen (secondary N) is 2. The Kier molecular flexibility index (Phi) is 5.45. The molecule has 0 bridgehead atoms. The average Bonchev–Trinajstić information content (AvgIpc) is 2.45. The molecule has 1 atom stereocenters. The smallest absolute Gasteiger partial charge is 0.119 e. The molecule has 0 spiro atoms. The van der Waals surface area contributed by atoms with Crippen molar-refractivity contribution in [2.75, 3.05) is 33.4 Å². The SMILES string of the molecule is COc1cccc(CNCCC2COCCN2)c1. The number of ether oxygens (including phenoxy) is 2. The Balaban J connectivity index is 1.65. The lowest BCUT2D eigenvalue weighted by Gasteiger charge is -2.23. The highest BCUT2D eigenvalue weighted by Crippen LogP contribution is 2.12. The number of methoxy groups -OCH3 is 1. The van der Waals surface area contributed by atoms with E-state index >= 15 is 0 Å². The van der Waals surface area contributed by atoms with Gasteiger partial charge in [0.05, 0.1) is 20.3 Å². The normalized spacial score (nSPS) is 19.7. The predicted octanol–water partition coefficient (Wildman–Crippen LogP) is 1.16. The van der Waals surface area contributed by atoms with Gasteiger partial charge in [-0.1, -0.05) is 12.1 Å². The van der Waals surface area contributed by atoms with Crippen molar-refractivity contribution in [3.05, 3.63) is 29.8 Å². The monoisotopic (exact) mass is 250 g/mol. The van der Waals surface area contributed by atoms with E-state index in [1.165, 1.54) is 5.56 Å². The molecule has 1 unspecified atom stereocenters. The Bertz CT molecular complexity index is 351. The molecule has 4 nitrogen and oxygen atoms in total. The van der Waals surface area contributed by atoms with E-state index in [4.69, 9.17) is 9.47 Å². The van der Waals surface area contributed by atoms with Crippen molar-refractivity contribution in [3.8, 4) is 5.75 Å². The predicted molar refractivity (Wildman–Crippen MR) is 71.9 cm³/mol. The Morgan fingerprint density at radius 1 is 1.50 bits per heavy atom. The van der Waals surface area contributed by atoms with Gasteiger partial charge in [-0.3, -0.25) is 0 Å². The van der Waals surface area contributed by atoms with Crippen molar-refractivity contribution in [3.63, 3.8) is 0 Å². The van der Waals surface area contributed by atoms with Crippen LogP contribution in [0.4, 0.5) is 0 Å². The van der Waals surface area contributed by atoms with Crippen LogP contribution in [0.5, 0.6) is 5.75 Å². The molecular formula is C14H22N2O2. The molecule has 18 heavy (non-hydrogen) atoms. The molecule has 2 N–H and O–H groups in total. The third kappa shape index (κ3) is 4.29. The largest absolute Gasteiger partial charge is 0.497 e. The molecule has 1 aliphatic rings. The van der Waals surface area contributed by atoms with Crippen molar-refractivity contribution in [1.82, 2.24) is 10.6 Å². The molecule has 0 radical (unpaired) electrons. The Morgan fingerprint density at radius 3 is 3.22 bits per heavy atom. The van der Waals surface area contributed by atoms with Crippen LogP contribution in [0, 0.1) is 0 Å². The topological polar surface area (TPSA) is 42.5 Å². The number of hydrogen-bond donors (Lipinski definition) is 2. The van der Waals surface area contributed by atoms with Crippen LogP contribution >= 0.6 is 0 Å². The molecule has 0 aliphatic carbocycles. The van der Waals surface area contributed by atoms with E-state index in [-0.39, 0.29) is 0 Å². The zero-order valence-electron chi connectivity index (χ0n) is 10.9. The van der Waals surface area contributed by atoms with Gasteiger partial charge in [0.15, 0.2) is 0 Å². The van der Waals surface area contributed by atoms with Gasteiger partial charge in [-0.2, -0.15) is 0 Å². The summed E-state index contributed by atoms with van der Waals surface area (Å²) in [6.45, 7) is 4.53. The minimum absolute atomic E-state index is 0.497. The fourth-order valence-corrected chi connectivity index (χ4v) is 2.10. The van der Waals surface area contributed by atoms with Crippen molar-refractivity contribution in [2.45, 2.75) is 19.0 Å². The molecule has 0 amide bonds. The van der Waals surface area contributed by atoms with Crippen LogP contribution in [0.3, 0.4) is 0 Å². The molecule has 1 fully saturated rings. The first-order valence-electron chi connectivity index (χ1n) is 6.53. The Morgan fingerprint density at radius 2 is 2.44 bits per heavy atom. The molecule has 2 rings (SSSR count). The number of morpholine rings is 1. The van der Waals surface area contributed by atoms with E-state index in [1.54, 1.807) is 7.11 Å². The summed E-state index contributed by atoms with van der Waals surface area (Å²) in [6.07, 6.45) is 1.10. The first kappa shape index (κ1) is 13.3. The molecule has 1 aromatic rings. The van der Waals surface area contributed by atoms with Crippen LogP contribution in [0.2, 0.25) is 0 Å². The Labute approximate surface area is 109 Å². The van der Waals surface area contributed by atoms with E-state index in [9.17, 15) is 0 Å². The quantitative estimate of drug-likeness (QED) is 0.744. The third-order valence-electron chi connectivity index (χ3n) is 3.13. The summed E-state index contributed by atoms with van der Waals surface area (Å²) < 4.78 is 10.6. The number of hydrogen-bond acceptors (Lipinski definition) is 4. The lowest BCUT2D eigenvalue weighted by molar-refractivity contribution is 0.0742. The van der Waals surface area contributed by atoms with Crippen LogP contribution < -0.4 is 15.4 Å². The maximum Gasteiger partial charge on any atom is 0.119 e. The summed E-state index contributed by atoms with van der Waals surface area (Å²) >= 11 is 0. The van der Waals surface area contributed by atoms with E-state index in [0.29, 0.717) is 6.04 Å². The van der Waals surface area contributed by atoms with Crippen LogP contribution in [0.15, 0.2) is 24.3 Å². The highest BCUT2D eigenvalue weighted by atomic mass is 16.5. The summed E-state index contributed by atoms with van der Waals surface area (Å²) in [6, 6.07) is 8.66. The van der Waals surface area contributed by atoms with E-state index in [1.807, 2.05) is 12.1 Å². The first-order chi connectivity index (χ1) is 8.88. The molecule has 100 valence electrons. The lowest BCUT2D eigenvalue weighted by atomic mass is 10.2. The van der Waals surface area contributed by atoms with E-state index < -0.39 is 0 Å². The third-order valence-corrected chi connectivity index (χ3v) is 3.13. The highest BCUT2D eigenvalue weighted by molar-refractivity contribution is 5.28. The zero-order valence-corrected chi connectivity index (χ0v) is 10.9. The van der Waals surface area contributed by atoms with Gasteiger partial charge in [0.1, 0.15) is 5.75 Å². The average molecular weight is 250 g/mol. The second kappa shape index (κ2) is 7.36. The fraction of sp³-hybridized carbons (Fsp3) is 0.571. The van der Waals surface area contributed by atoms with Crippen LogP contribution in [0.1, 0.15) is 12.0 Å². The number of benzene rings is 1. The van der Waals surface area contributed by atoms with Gasteiger partial charge in [0.2, 0.25) is 0 Å². The van der Waals surface area contributed by atoms with Gasteiger partial charge in [0, 0.05) is 19.1 Å². The highest BCUT2D eigenvalue weighted by Gasteiger charge is 2.11. The summed E-state index contributed by atoms with van der Waals surface area (Å²) in [5, 5.41) is 6.90. The van der Waals surface area contributed by atoms with Crippen LogP contribution in [0.25, 0.3) is 0 Å². The maximum absolute atomic E-state index is 5.42. The lowest BCUT2D eigenvalue weighted by Crippen LogP contribution is -2.42. The maximum atomic E-state index is 5.42. The van der Waals surface area contributed by atoms with Gasteiger partial charge >= 0.3 is 0 Å². The minimum atomic E-state index is 0.497. The van der Waals surface area contributed by atoms with Gasteiger partial charge < -0.3 is 20.1 Å². The van der Waals surface area contributed by atoms with Gasteiger partial charge in [-0.25, -0.2) is 0 Å². The second-order valence-corrected chi connectivity index (χ2v) is 4.54. The van der Waals surface area contributed by atoms with E-state index in [2.05, 4.69) is 22.8 Å². The molecule has 1 aromatic carbocycles. The number of rotatable bonds is 6. The van der Waals surface area contributed by atoms with Crippen LogP contribution in [-0.4, -0.2) is 39.5 Å². The molecule has 1 saturated heterocycles. The second-order valence-electron chi connectivity index (χ2n) is 4.54. The molecule has 4 heteroatoms. The zero-order chi connectivity index (χ0) is 12.6. The van der Waals surface area contributed by atoms with Crippen molar-refractivity contribution >= 4 is 0 Å². The van der Waals surface area contributed by atoms with Crippen LogP contribution in [-0.2, 0) is 11.3 Å². The van der Waals surface area contributed by atoms with Gasteiger partial charge in [-0.05, 0) is 30.7 Å². The van der Waals surface area contributed by atoms with Crippen molar-refractivity contribution < 1.29 is 9.47 Å². The molecule has 1 heterocycles. The summed E-state index contributed by atoms with van der Waals surface area (Å²) in [7, 11) is 1.70. The Hall–Kier alpha value is -1.10. The van der Waals surface area contributed by atoms with Gasteiger partial charge in [0.25, 0.3) is 0 Å². The summed E-state index contributed by atoms with van der Waals surface area (Å²) in [4.78, 5) is 0. The van der Waals surface area contributed by atoms with Gasteiger partial charge in [-0.15, -0.1) is 0 Å². The standard InChI is InChI=1S/C14H22N2O2/c1-17-14-4-2-3-12(9-14)10-15-6-5-13-11-18-8-7-16-13/h2-4,9,13,15-16H,5-8,10-11H2,1H3. The minimum Gasteiger partial charge on any atom is -0.497 e. The van der Waals surface area contributed by atoms with Crippen molar-refractivity contribution in [1.29, 1.82) is 0 Å². The molecule has 0 aromatic heterocycles. The molecule has 1 aliphatic heterocycles. The first-order valence-corrected chi connectivity index (χ1v) is 6.53. The fourth-order valence-electron chi connectivity index (χ4n) is 2.10. The summed E-state index contributed by atoms with van der Waals surface area (Å²) in [5.41, 5.74) is 1.25. The van der Waals surface area contributed by atoms with E-state index in [0.717, 1.165) is 45.0 Å². The molecule has 0 saturated carbocycles. The van der Waals surface area contributed by atoms with Crippen molar-refractivity contribution in [2.24, 2.45) is 0 Å². The summed E-state index contributed by atoms with van der Waals surface area (Å²) in [5.74, 6) is 0.914.